The van der Waals surface area contributed by atoms with Crippen LogP contribution >= 0.6 is 0 Å². The third-order valence-electron chi connectivity index (χ3n) is 3.46. The molecule has 1 aliphatic carbocycles. The van der Waals surface area contributed by atoms with Crippen molar-refractivity contribution in [2.24, 2.45) is 5.92 Å². The number of aliphatic hydroxyl groups is 1. The molecule has 0 bridgehead atoms. The van der Waals surface area contributed by atoms with Crippen LogP contribution < -0.4 is 10.6 Å². The van der Waals surface area contributed by atoms with Crippen molar-refractivity contribution in [2.45, 2.75) is 32.3 Å². The highest BCUT2D eigenvalue weighted by Crippen LogP contribution is 2.32. The number of aromatic amines is 1. The van der Waals surface area contributed by atoms with Crippen molar-refractivity contribution < 1.29 is 5.11 Å². The number of hydrogen-bond acceptors (Lipinski definition) is 6. The van der Waals surface area contributed by atoms with Gasteiger partial charge in [-0.1, -0.05) is 6.92 Å². The lowest BCUT2D eigenvalue weighted by atomic mass is 10.2. The van der Waals surface area contributed by atoms with Crippen LogP contribution in [-0.2, 0) is 0 Å². The van der Waals surface area contributed by atoms with Gasteiger partial charge in [-0.25, -0.2) is 4.98 Å². The van der Waals surface area contributed by atoms with E-state index >= 15 is 0 Å². The van der Waals surface area contributed by atoms with Crippen molar-refractivity contribution in [1.29, 1.82) is 0 Å². The van der Waals surface area contributed by atoms with Crippen LogP contribution in [0, 0.1) is 5.92 Å². The number of aliphatic hydroxyl groups excluding tert-OH is 1. The van der Waals surface area contributed by atoms with Gasteiger partial charge in [0, 0.05) is 13.1 Å². The summed E-state index contributed by atoms with van der Waals surface area (Å²) in [6, 6.07) is 0. The van der Waals surface area contributed by atoms with Crippen LogP contribution in [0.15, 0.2) is 6.33 Å². The van der Waals surface area contributed by atoms with Gasteiger partial charge in [-0.2, -0.15) is 9.97 Å². The molecule has 1 unspecified atom stereocenters. The monoisotopic (exact) mass is 276 g/mol. The van der Waals surface area contributed by atoms with E-state index in [4.69, 9.17) is 0 Å². The zero-order chi connectivity index (χ0) is 13.9. The molecule has 7 heteroatoms. The van der Waals surface area contributed by atoms with E-state index in [0.717, 1.165) is 31.3 Å². The molecule has 2 aromatic heterocycles. The van der Waals surface area contributed by atoms with Gasteiger partial charge in [-0.05, 0) is 25.2 Å². The average Bonchev–Trinajstić information content (AvgIpc) is 3.20. The topological polar surface area (TPSA) is 98.8 Å². The molecule has 108 valence electrons. The molecule has 4 N–H and O–H groups in total. The number of imidazole rings is 1. The minimum absolute atomic E-state index is 0.310. The van der Waals surface area contributed by atoms with E-state index in [1.165, 1.54) is 0 Å². The van der Waals surface area contributed by atoms with Gasteiger partial charge in [0.15, 0.2) is 11.5 Å². The maximum atomic E-state index is 9.94. The van der Waals surface area contributed by atoms with Crippen molar-refractivity contribution in [3.8, 4) is 0 Å². The predicted octanol–water partition coefficient (Wildman–Crippen LogP) is 1.36. The van der Waals surface area contributed by atoms with Crippen LogP contribution in [0.4, 0.5) is 11.8 Å². The Morgan fingerprint density at radius 1 is 1.40 bits per heavy atom. The molecule has 7 nitrogen and oxygen atoms in total. The first kappa shape index (κ1) is 13.1. The fourth-order valence-corrected chi connectivity index (χ4v) is 2.13. The molecule has 0 amide bonds. The molecule has 1 atom stereocenters. The molecule has 0 aliphatic heterocycles. The van der Waals surface area contributed by atoms with Crippen molar-refractivity contribution >= 4 is 22.9 Å². The lowest BCUT2D eigenvalue weighted by molar-refractivity contribution is 0.164. The Bertz CT molecular complexity index is 579. The fourth-order valence-electron chi connectivity index (χ4n) is 2.13. The Kier molecular flexibility index (Phi) is 3.68. The highest BCUT2D eigenvalue weighted by molar-refractivity contribution is 5.83. The first-order valence-corrected chi connectivity index (χ1v) is 7.15. The highest BCUT2D eigenvalue weighted by atomic mass is 16.3. The summed E-state index contributed by atoms with van der Waals surface area (Å²) >= 11 is 0. The van der Waals surface area contributed by atoms with Gasteiger partial charge in [0.05, 0.1) is 12.4 Å². The lowest BCUT2D eigenvalue weighted by Crippen LogP contribution is -2.22. The minimum atomic E-state index is -0.310. The lowest BCUT2D eigenvalue weighted by Gasteiger charge is -2.12. The summed E-state index contributed by atoms with van der Waals surface area (Å²) in [6.07, 6.45) is 4.54. The summed E-state index contributed by atoms with van der Waals surface area (Å²) in [6.45, 7) is 3.41. The van der Waals surface area contributed by atoms with E-state index in [2.05, 4.69) is 37.5 Å². The molecule has 0 aromatic carbocycles. The SMILES string of the molecule is CCCNc1nc(NCC(O)C2CC2)c2[nH]cnc2n1. The molecule has 3 rings (SSSR count). The maximum Gasteiger partial charge on any atom is 0.226 e. The van der Waals surface area contributed by atoms with Crippen molar-refractivity contribution in [3.63, 3.8) is 0 Å². The zero-order valence-corrected chi connectivity index (χ0v) is 11.6. The Labute approximate surface area is 117 Å². The molecule has 1 fully saturated rings. The second kappa shape index (κ2) is 5.62. The molecule has 2 heterocycles. The Morgan fingerprint density at radius 2 is 2.25 bits per heavy atom. The minimum Gasteiger partial charge on any atom is -0.391 e. The molecule has 1 saturated carbocycles. The van der Waals surface area contributed by atoms with E-state index < -0.39 is 0 Å². The summed E-state index contributed by atoms with van der Waals surface area (Å²) in [5, 5.41) is 16.3. The van der Waals surface area contributed by atoms with Crippen molar-refractivity contribution in [3.05, 3.63) is 6.33 Å². The smallest absolute Gasteiger partial charge is 0.226 e. The standard InChI is InChI=1S/C13H20N6O/c1-2-5-14-13-18-11(10-12(19-13)17-7-16-10)15-6-9(20)8-3-4-8/h7-9,20H,2-6H2,1H3,(H3,14,15,16,17,18,19). The van der Waals surface area contributed by atoms with Crippen molar-refractivity contribution in [2.75, 3.05) is 23.7 Å². The molecule has 0 spiro atoms. The summed E-state index contributed by atoms with van der Waals surface area (Å²) < 4.78 is 0. The predicted molar refractivity (Wildman–Crippen MR) is 77.7 cm³/mol. The van der Waals surface area contributed by atoms with Crippen LogP contribution in [0.5, 0.6) is 0 Å². The van der Waals surface area contributed by atoms with Crippen molar-refractivity contribution in [1.82, 2.24) is 19.9 Å². The van der Waals surface area contributed by atoms with Gasteiger partial charge in [0.1, 0.15) is 5.52 Å². The molecule has 2 aromatic rings. The van der Waals surface area contributed by atoms with E-state index in [-0.39, 0.29) is 6.10 Å². The summed E-state index contributed by atoms with van der Waals surface area (Å²) in [5.74, 6) is 1.69. The van der Waals surface area contributed by atoms with Crippen LogP contribution in [0.3, 0.4) is 0 Å². The summed E-state index contributed by atoms with van der Waals surface area (Å²) in [4.78, 5) is 16.0. The van der Waals surface area contributed by atoms with Gasteiger partial charge in [0.2, 0.25) is 5.95 Å². The number of anilines is 2. The number of fused-ring (bicyclic) bond motifs is 1. The third-order valence-corrected chi connectivity index (χ3v) is 3.46. The largest absolute Gasteiger partial charge is 0.391 e. The van der Waals surface area contributed by atoms with Gasteiger partial charge in [0.25, 0.3) is 0 Å². The normalized spacial score (nSPS) is 16.3. The molecular formula is C13H20N6O. The Balaban J connectivity index is 1.77. The van der Waals surface area contributed by atoms with Gasteiger partial charge >= 0.3 is 0 Å². The van der Waals surface area contributed by atoms with Crippen LogP contribution in [0.1, 0.15) is 26.2 Å². The number of nitrogens with zero attached hydrogens (tertiary/aromatic N) is 3. The first-order chi connectivity index (χ1) is 9.78. The van der Waals surface area contributed by atoms with E-state index in [1.807, 2.05) is 0 Å². The van der Waals surface area contributed by atoms with Crippen LogP contribution in [0.2, 0.25) is 0 Å². The van der Waals surface area contributed by atoms with Crippen LogP contribution in [-0.4, -0.2) is 44.2 Å². The molecule has 0 saturated heterocycles. The summed E-state index contributed by atoms with van der Waals surface area (Å²) in [5.41, 5.74) is 1.40. The molecular weight excluding hydrogens is 256 g/mol. The maximum absolute atomic E-state index is 9.94. The number of rotatable bonds is 7. The number of aromatic nitrogens is 4. The van der Waals surface area contributed by atoms with E-state index in [9.17, 15) is 5.11 Å². The zero-order valence-electron chi connectivity index (χ0n) is 11.6. The third kappa shape index (κ3) is 2.82. The van der Waals surface area contributed by atoms with Gasteiger partial charge < -0.3 is 20.7 Å². The summed E-state index contributed by atoms with van der Waals surface area (Å²) in [7, 11) is 0. The molecule has 1 aliphatic rings. The Morgan fingerprint density at radius 3 is 3.00 bits per heavy atom. The number of H-pyrrole nitrogens is 1. The molecule has 0 radical (unpaired) electrons. The number of nitrogens with one attached hydrogen (secondary N) is 3. The fraction of sp³-hybridized carbons (Fsp3) is 0.615. The molecule has 20 heavy (non-hydrogen) atoms. The average molecular weight is 276 g/mol. The first-order valence-electron chi connectivity index (χ1n) is 7.15. The van der Waals surface area contributed by atoms with Gasteiger partial charge in [-0.3, -0.25) is 0 Å². The van der Waals surface area contributed by atoms with Gasteiger partial charge in [-0.15, -0.1) is 0 Å². The number of hydrogen-bond donors (Lipinski definition) is 4. The van der Waals surface area contributed by atoms with Crippen LogP contribution in [0.25, 0.3) is 11.2 Å². The van der Waals surface area contributed by atoms with E-state index in [0.29, 0.717) is 29.9 Å². The second-order valence-electron chi connectivity index (χ2n) is 5.21. The second-order valence-corrected chi connectivity index (χ2v) is 5.21. The highest BCUT2D eigenvalue weighted by Gasteiger charge is 2.29. The van der Waals surface area contributed by atoms with E-state index in [1.54, 1.807) is 6.33 Å². The quantitative estimate of drug-likeness (QED) is 0.609. The Hall–Kier alpha value is -1.89.